The van der Waals surface area contributed by atoms with E-state index in [1.165, 1.54) is 12.3 Å². The fourth-order valence-corrected chi connectivity index (χ4v) is 2.74. The van der Waals surface area contributed by atoms with Crippen LogP contribution in [0.4, 0.5) is 5.69 Å². The lowest BCUT2D eigenvalue weighted by Crippen LogP contribution is -2.45. The standard InChI is InChI=1S/C14H19N3O4/c1-14(19)4-6-15(7-5-14)13(18)12-8-11(17(20)21)9-16(12)10-2-3-10/h8-10,19H,2-7H2,1H3. The lowest BCUT2D eigenvalue weighted by atomic mass is 9.94. The molecule has 1 saturated carbocycles. The van der Waals surface area contributed by atoms with Gasteiger partial charge in [0.2, 0.25) is 0 Å². The first-order valence-electron chi connectivity index (χ1n) is 7.25. The molecule has 0 radical (unpaired) electrons. The zero-order chi connectivity index (χ0) is 15.2. The Balaban J connectivity index is 1.82. The number of rotatable bonds is 3. The lowest BCUT2D eigenvalue weighted by molar-refractivity contribution is -0.384. The first-order valence-corrected chi connectivity index (χ1v) is 7.25. The van der Waals surface area contributed by atoms with Gasteiger partial charge in [0.15, 0.2) is 0 Å². The van der Waals surface area contributed by atoms with E-state index in [9.17, 15) is 20.0 Å². The van der Waals surface area contributed by atoms with Crippen LogP contribution >= 0.6 is 0 Å². The van der Waals surface area contributed by atoms with E-state index < -0.39 is 10.5 Å². The van der Waals surface area contributed by atoms with E-state index in [1.54, 1.807) is 16.4 Å². The van der Waals surface area contributed by atoms with Crippen molar-refractivity contribution in [2.75, 3.05) is 13.1 Å². The van der Waals surface area contributed by atoms with Crippen molar-refractivity contribution >= 4 is 11.6 Å². The van der Waals surface area contributed by atoms with Crippen LogP contribution in [0.5, 0.6) is 0 Å². The third-order valence-electron chi connectivity index (χ3n) is 4.33. The van der Waals surface area contributed by atoms with Crippen molar-refractivity contribution < 1.29 is 14.8 Å². The molecule has 21 heavy (non-hydrogen) atoms. The quantitative estimate of drug-likeness (QED) is 0.679. The van der Waals surface area contributed by atoms with Gasteiger partial charge >= 0.3 is 0 Å². The first kappa shape index (κ1) is 14.1. The van der Waals surface area contributed by atoms with Crippen LogP contribution in [0.1, 0.15) is 49.1 Å². The fourth-order valence-electron chi connectivity index (χ4n) is 2.74. The van der Waals surface area contributed by atoms with E-state index in [-0.39, 0.29) is 17.6 Å². The monoisotopic (exact) mass is 293 g/mol. The molecule has 2 fully saturated rings. The number of carbonyl (C=O) groups excluding carboxylic acids is 1. The molecule has 0 bridgehead atoms. The maximum Gasteiger partial charge on any atom is 0.287 e. The van der Waals surface area contributed by atoms with Crippen molar-refractivity contribution in [3.05, 3.63) is 28.1 Å². The zero-order valence-electron chi connectivity index (χ0n) is 12.0. The van der Waals surface area contributed by atoms with Crippen molar-refractivity contribution in [1.82, 2.24) is 9.47 Å². The Morgan fingerprint density at radius 3 is 2.57 bits per heavy atom. The first-order chi connectivity index (χ1) is 9.87. The van der Waals surface area contributed by atoms with E-state index in [4.69, 9.17) is 0 Å². The van der Waals surface area contributed by atoms with E-state index in [0.29, 0.717) is 31.6 Å². The Morgan fingerprint density at radius 2 is 2.05 bits per heavy atom. The van der Waals surface area contributed by atoms with Crippen LogP contribution < -0.4 is 0 Å². The summed E-state index contributed by atoms with van der Waals surface area (Å²) < 4.78 is 1.74. The summed E-state index contributed by atoms with van der Waals surface area (Å²) in [6.45, 7) is 2.73. The summed E-state index contributed by atoms with van der Waals surface area (Å²) in [5.74, 6) is -0.175. The fraction of sp³-hybridized carbons (Fsp3) is 0.643. The molecule has 1 N–H and O–H groups in total. The van der Waals surface area contributed by atoms with Gasteiger partial charge in [0, 0.05) is 25.2 Å². The number of piperidine rings is 1. The highest BCUT2D eigenvalue weighted by Gasteiger charge is 2.34. The minimum atomic E-state index is -0.721. The van der Waals surface area contributed by atoms with Gasteiger partial charge in [0.1, 0.15) is 5.69 Å². The Kier molecular flexibility index (Phi) is 3.24. The predicted octanol–water partition coefficient (Wildman–Crippen LogP) is 1.72. The molecule has 3 rings (SSSR count). The van der Waals surface area contributed by atoms with E-state index in [2.05, 4.69) is 0 Å². The Hall–Kier alpha value is -1.89. The van der Waals surface area contributed by atoms with Gasteiger partial charge in [0.05, 0.1) is 16.7 Å². The molecule has 1 amide bonds. The highest BCUT2D eigenvalue weighted by molar-refractivity contribution is 5.93. The number of nitrogens with zero attached hydrogens (tertiary/aromatic N) is 3. The Labute approximate surface area is 122 Å². The molecule has 1 aromatic rings. The number of amides is 1. The molecule has 114 valence electrons. The second-order valence-electron chi connectivity index (χ2n) is 6.27. The SMILES string of the molecule is CC1(O)CCN(C(=O)c2cc([N+](=O)[O-])cn2C2CC2)CC1. The Bertz CT molecular complexity index is 579. The minimum Gasteiger partial charge on any atom is -0.390 e. The van der Waals surface area contributed by atoms with Crippen LogP contribution in [0.15, 0.2) is 12.3 Å². The Morgan fingerprint density at radius 1 is 1.43 bits per heavy atom. The molecule has 2 heterocycles. The van der Waals surface area contributed by atoms with Crippen molar-refractivity contribution in [3.8, 4) is 0 Å². The van der Waals surface area contributed by atoms with E-state index >= 15 is 0 Å². The molecule has 0 unspecified atom stereocenters. The van der Waals surface area contributed by atoms with E-state index in [1.807, 2.05) is 0 Å². The van der Waals surface area contributed by atoms with Crippen molar-refractivity contribution in [2.45, 2.75) is 44.2 Å². The summed E-state index contributed by atoms with van der Waals surface area (Å²) in [5, 5.41) is 20.9. The molecule has 1 saturated heterocycles. The lowest BCUT2D eigenvalue weighted by Gasteiger charge is -2.35. The maximum atomic E-state index is 12.6. The third-order valence-corrected chi connectivity index (χ3v) is 4.33. The molecule has 0 aromatic carbocycles. The van der Waals surface area contributed by atoms with E-state index in [0.717, 1.165) is 12.8 Å². The van der Waals surface area contributed by atoms with Crippen LogP contribution in [0.25, 0.3) is 0 Å². The zero-order valence-corrected chi connectivity index (χ0v) is 12.0. The second kappa shape index (κ2) is 4.84. The molecule has 7 nitrogen and oxygen atoms in total. The highest BCUT2D eigenvalue weighted by Crippen LogP contribution is 2.38. The highest BCUT2D eigenvalue weighted by atomic mass is 16.6. The topological polar surface area (TPSA) is 88.6 Å². The third kappa shape index (κ3) is 2.78. The van der Waals surface area contributed by atoms with Crippen LogP contribution in [0.2, 0.25) is 0 Å². The summed E-state index contributed by atoms with van der Waals surface area (Å²) in [6.07, 6.45) is 4.45. The molecule has 7 heteroatoms. The smallest absolute Gasteiger partial charge is 0.287 e. The summed E-state index contributed by atoms with van der Waals surface area (Å²) in [5.41, 5.74) is -0.360. The largest absolute Gasteiger partial charge is 0.390 e. The molecule has 0 atom stereocenters. The van der Waals surface area contributed by atoms with Crippen LogP contribution in [-0.4, -0.2) is 44.1 Å². The van der Waals surface area contributed by atoms with Gasteiger partial charge in [-0.1, -0.05) is 0 Å². The van der Waals surface area contributed by atoms with Gasteiger partial charge in [-0.2, -0.15) is 0 Å². The summed E-state index contributed by atoms with van der Waals surface area (Å²) in [7, 11) is 0. The summed E-state index contributed by atoms with van der Waals surface area (Å²) >= 11 is 0. The molecular weight excluding hydrogens is 274 g/mol. The van der Waals surface area contributed by atoms with Crippen molar-refractivity contribution in [1.29, 1.82) is 0 Å². The van der Waals surface area contributed by atoms with Gasteiger partial charge < -0.3 is 14.6 Å². The van der Waals surface area contributed by atoms with Gasteiger partial charge in [-0.15, -0.1) is 0 Å². The molecule has 0 spiro atoms. The van der Waals surface area contributed by atoms with Crippen LogP contribution in [0.3, 0.4) is 0 Å². The van der Waals surface area contributed by atoms with Crippen LogP contribution in [0, 0.1) is 10.1 Å². The van der Waals surface area contributed by atoms with Gasteiger partial charge in [-0.25, -0.2) is 0 Å². The average Bonchev–Trinajstić information content (AvgIpc) is 3.16. The summed E-state index contributed by atoms with van der Waals surface area (Å²) in [4.78, 5) is 24.7. The van der Waals surface area contributed by atoms with Crippen molar-refractivity contribution in [2.24, 2.45) is 0 Å². The molecule has 1 aliphatic heterocycles. The van der Waals surface area contributed by atoms with Gasteiger partial charge in [-0.3, -0.25) is 14.9 Å². The predicted molar refractivity (Wildman–Crippen MR) is 75.1 cm³/mol. The molecule has 1 aromatic heterocycles. The average molecular weight is 293 g/mol. The van der Waals surface area contributed by atoms with Crippen molar-refractivity contribution in [3.63, 3.8) is 0 Å². The number of hydrogen-bond donors (Lipinski definition) is 1. The van der Waals surface area contributed by atoms with Gasteiger partial charge in [0.25, 0.3) is 11.6 Å². The number of aromatic nitrogens is 1. The van der Waals surface area contributed by atoms with Crippen LogP contribution in [-0.2, 0) is 0 Å². The van der Waals surface area contributed by atoms with Gasteiger partial charge in [-0.05, 0) is 32.6 Å². The summed E-state index contributed by atoms with van der Waals surface area (Å²) in [6, 6.07) is 1.58. The number of aliphatic hydroxyl groups is 1. The molecular formula is C14H19N3O4. The number of hydrogen-bond acceptors (Lipinski definition) is 4. The number of carbonyl (C=O) groups is 1. The molecule has 1 aliphatic carbocycles. The number of nitro groups is 1. The molecule has 2 aliphatic rings. The number of likely N-dealkylation sites (tertiary alicyclic amines) is 1. The second-order valence-corrected chi connectivity index (χ2v) is 6.27. The maximum absolute atomic E-state index is 12.6. The minimum absolute atomic E-state index is 0.0331. The normalized spacial score (nSPS) is 21.3.